The Morgan fingerprint density at radius 1 is 0.718 bits per heavy atom. The molecular weight excluding hydrogens is 1190 g/mol. The third-order valence-electron chi connectivity index (χ3n) is 18.3. The highest BCUT2D eigenvalue weighted by Gasteiger charge is 2.71. The van der Waals surface area contributed by atoms with E-state index < -0.39 is 144 Å². The number of anilines is 1. The summed E-state index contributed by atoms with van der Waals surface area (Å²) in [4.78, 5) is 73.4. The second-order valence-electron chi connectivity index (χ2n) is 27.9. The Morgan fingerprint density at radius 2 is 1.21 bits per heavy atom. The van der Waals surface area contributed by atoms with Crippen LogP contribution in [-0.2, 0) is 43.6 Å². The number of carbonyl (C=O) groups is 1. The lowest BCUT2D eigenvalue weighted by atomic mass is 10.1. The normalized spacial score (nSPS) is 24.9. The van der Waals surface area contributed by atoms with Crippen LogP contribution in [0.3, 0.4) is 0 Å². The molecule has 3 aromatic carbocycles. The molecule has 2 aliphatic heterocycles. The summed E-state index contributed by atoms with van der Waals surface area (Å²) >= 11 is 5.90. The lowest BCUT2D eigenvalue weighted by molar-refractivity contribution is -0.225. The molecule has 2 fully saturated rings. The van der Waals surface area contributed by atoms with Crippen LogP contribution in [0.5, 0.6) is 0 Å². The molecular formula is C59H88N5O15PSSi4. The van der Waals surface area contributed by atoms with Crippen molar-refractivity contribution in [2.75, 3.05) is 11.9 Å². The van der Waals surface area contributed by atoms with Gasteiger partial charge in [0.2, 0.25) is 5.79 Å². The highest BCUT2D eigenvalue weighted by Crippen LogP contribution is 2.59. The van der Waals surface area contributed by atoms with E-state index in [4.69, 9.17) is 43.6 Å². The van der Waals surface area contributed by atoms with Crippen LogP contribution in [-0.4, -0.2) is 127 Å². The third kappa shape index (κ3) is 13.4. The first kappa shape index (κ1) is 68.3. The molecule has 10 atom stereocenters. The molecule has 466 valence electrons. The van der Waals surface area contributed by atoms with Gasteiger partial charge >= 0.3 is 18.1 Å². The maximum Gasteiger partial charge on any atom is 0.351 e. The smallest absolute Gasteiger partial charge is 0.351 e. The molecule has 2 aliphatic rings. The molecule has 4 heterocycles. The number of rotatable bonds is 19. The number of ether oxygens (including phenoxy) is 2. The molecule has 0 aliphatic carbocycles. The number of hydrogen-bond donors (Lipinski definition) is 6. The van der Waals surface area contributed by atoms with Crippen LogP contribution in [0.1, 0.15) is 106 Å². The van der Waals surface area contributed by atoms with Gasteiger partial charge in [-0.3, -0.25) is 32.8 Å². The van der Waals surface area contributed by atoms with Gasteiger partial charge in [-0.05, 0) is 86.7 Å². The van der Waals surface area contributed by atoms with Crippen LogP contribution < -0.4 is 32.6 Å². The summed E-state index contributed by atoms with van der Waals surface area (Å²) in [6.07, 6.45) is -9.70. The molecule has 2 unspecified atom stereocenters. The minimum atomic E-state index is -5.14. The summed E-state index contributed by atoms with van der Waals surface area (Å²) in [5.74, 6) is -3.53. The Balaban J connectivity index is 1.40. The van der Waals surface area contributed by atoms with Gasteiger partial charge in [-0.25, -0.2) is 9.59 Å². The van der Waals surface area contributed by atoms with Crippen molar-refractivity contribution in [3.05, 3.63) is 152 Å². The molecule has 1 amide bonds. The van der Waals surface area contributed by atoms with Crippen LogP contribution in [0.15, 0.2) is 130 Å². The Bertz CT molecular complexity index is 3370. The number of benzene rings is 3. The van der Waals surface area contributed by atoms with Crippen LogP contribution >= 0.6 is 6.72 Å². The van der Waals surface area contributed by atoms with E-state index in [1.807, 2.05) is 162 Å². The largest absolute Gasteiger partial charge is 0.408 e. The lowest BCUT2D eigenvalue weighted by Crippen LogP contribution is -2.70. The summed E-state index contributed by atoms with van der Waals surface area (Å²) in [7, 11) is -13.0. The summed E-state index contributed by atoms with van der Waals surface area (Å²) in [6, 6.07) is 30.3. The van der Waals surface area contributed by atoms with Gasteiger partial charge in [0.25, 0.3) is 19.8 Å². The molecule has 20 nitrogen and oxygen atoms in total. The van der Waals surface area contributed by atoms with Crippen molar-refractivity contribution in [2.24, 2.45) is 0 Å². The van der Waals surface area contributed by atoms with Crippen molar-refractivity contribution in [2.45, 2.75) is 197 Å². The van der Waals surface area contributed by atoms with Crippen molar-refractivity contribution in [1.29, 1.82) is 0 Å². The molecule has 85 heavy (non-hydrogen) atoms. The Hall–Kier alpha value is -4.23. The van der Waals surface area contributed by atoms with E-state index in [-0.39, 0.29) is 5.82 Å². The predicted molar refractivity (Wildman–Crippen MR) is 342 cm³/mol. The van der Waals surface area contributed by atoms with Gasteiger partial charge in [0.05, 0.1) is 14.7 Å². The Labute approximate surface area is 507 Å². The fraction of sp³-hybridized carbons (Fsp3) is 0.542. The van der Waals surface area contributed by atoms with E-state index in [0.29, 0.717) is 5.56 Å². The van der Waals surface area contributed by atoms with Crippen molar-refractivity contribution in [3.8, 4) is 0 Å². The Morgan fingerprint density at radius 3 is 1.68 bits per heavy atom. The van der Waals surface area contributed by atoms with Crippen LogP contribution in [0.25, 0.3) is 0 Å². The standard InChI is InChI=1S/C59H88N5O15PSSi4/c1-54(2,3)82(13,14)59(71)46(77-83(15,16)55(4,5)6)45(75-51(59)64-37-35-44(65)62-53(64)69)50(67)76-80(72,81)79-58(70)42(38-73-85(57(10,11)12,40-30-24-20-25-31-40)41-32-26-21-27-33-41)74-49(47(58)78-84(17,18)56(7,8)9)63-36-34-43(61-52(63)68)60-48(66)39-28-22-19-23-29-39/h19-37,42,45-47,49-51,67,70-71H,38H2,1-18H3,(H,72,81)(H,62,65,69)(H,60,61,66,68)/t42-,45+,46-,47+,49-,50?,51-,58+,59+,80?/m1/s1. The Kier molecular flexibility index (Phi) is 19.5. The number of aliphatic hydroxyl groups is 3. The number of aromatic amines is 1. The monoisotopic (exact) mass is 1280 g/mol. The number of H-pyrrole nitrogens is 1. The first-order valence-corrected chi connectivity index (χ1v) is 41.8. The molecule has 0 saturated carbocycles. The first-order valence-electron chi connectivity index (χ1n) is 28.5. The zero-order valence-corrected chi connectivity index (χ0v) is 57.9. The number of amides is 1. The highest BCUT2D eigenvalue weighted by atomic mass is 32.5. The second kappa shape index (κ2) is 24.3. The minimum absolute atomic E-state index is 0.0839. The number of carbonyl (C=O) groups excluding carboxylic acids is 1. The molecule has 0 radical (unpaired) electrons. The van der Waals surface area contributed by atoms with Crippen LogP contribution in [0, 0.1) is 0 Å². The number of nitrogens with zero attached hydrogens (tertiary/aromatic N) is 3. The molecule has 0 bridgehead atoms. The summed E-state index contributed by atoms with van der Waals surface area (Å²) < 4.78 is 50.1. The quantitative estimate of drug-likeness (QED) is 0.0258. The van der Waals surface area contributed by atoms with Crippen molar-refractivity contribution in [1.82, 2.24) is 19.1 Å². The van der Waals surface area contributed by atoms with Crippen molar-refractivity contribution < 1.29 is 56.8 Å². The second-order valence-corrected chi connectivity index (χ2v) is 50.0. The maximum atomic E-state index is 14.5. The zero-order valence-electron chi connectivity index (χ0n) is 52.2. The van der Waals surface area contributed by atoms with E-state index >= 15 is 0 Å². The van der Waals surface area contributed by atoms with Gasteiger partial charge in [-0.1, -0.05) is 175 Å². The molecule has 26 heteroatoms. The fourth-order valence-corrected chi connectivity index (χ4v) is 22.3. The van der Waals surface area contributed by atoms with Gasteiger partial charge < -0.3 is 48.3 Å². The van der Waals surface area contributed by atoms with Gasteiger partial charge in [0.1, 0.15) is 35.5 Å². The summed E-state index contributed by atoms with van der Waals surface area (Å²) in [5, 5.41) is 40.4. The summed E-state index contributed by atoms with van der Waals surface area (Å²) in [6.45, 7) is 29.8. The first-order chi connectivity index (χ1) is 39.0. The van der Waals surface area contributed by atoms with Crippen LogP contribution in [0.4, 0.5) is 5.82 Å². The van der Waals surface area contributed by atoms with Gasteiger partial charge in [-0.15, -0.1) is 0 Å². The van der Waals surface area contributed by atoms with Gasteiger partial charge in [-0.2, -0.15) is 4.98 Å². The molecule has 0 spiro atoms. The van der Waals surface area contributed by atoms with Crippen LogP contribution in [0.2, 0.25) is 59.4 Å². The topological polar surface area (TPSA) is 264 Å². The fourth-order valence-electron chi connectivity index (χ4n) is 10.4. The summed E-state index contributed by atoms with van der Waals surface area (Å²) in [5.41, 5.74) is -2.22. The lowest BCUT2D eigenvalue weighted by Gasteiger charge is -2.53. The molecule has 6 N–H and O–H groups in total. The molecule has 5 aromatic rings. The van der Waals surface area contributed by atoms with E-state index in [9.17, 15) is 39.4 Å². The maximum absolute atomic E-state index is 14.5. The van der Waals surface area contributed by atoms with E-state index in [1.54, 1.807) is 30.3 Å². The van der Waals surface area contributed by atoms with Crippen molar-refractivity contribution >= 4 is 73.7 Å². The average molecular weight is 1280 g/mol. The van der Waals surface area contributed by atoms with E-state index in [0.717, 1.165) is 25.6 Å². The van der Waals surface area contributed by atoms with Gasteiger partial charge in [0.15, 0.2) is 35.4 Å². The number of hydrogen-bond acceptors (Lipinski definition) is 16. The molecule has 2 aromatic heterocycles. The van der Waals surface area contributed by atoms with E-state index in [2.05, 4.69) is 36.1 Å². The minimum Gasteiger partial charge on any atom is -0.408 e. The zero-order chi connectivity index (χ0) is 63.5. The number of aromatic nitrogens is 4. The third-order valence-corrected chi connectivity index (χ3v) is 40.0. The SMILES string of the molecule is CC(C)(C)[Si](C)(C)O[C@@H]1[C@@H](C(O)OP(O)(=S)O[C@@]2(O)[C@@H](CO[Si](c3ccccc3)(c3ccccc3)C(C)(C)C)O[C@@H](n3ccc(NC(=O)c4ccccc4)nc3=O)[C@@H]2O[Si](C)(C)C(C)(C)C)O[C@@H](n2ccc(=O)[nH]c2=O)[C@@]1(O)[Si](C)(C)C(C)(C)C. The van der Waals surface area contributed by atoms with E-state index in [1.165, 1.54) is 18.5 Å². The van der Waals surface area contributed by atoms with Crippen molar-refractivity contribution in [3.63, 3.8) is 0 Å². The molecule has 7 rings (SSSR count). The number of nitrogens with one attached hydrogen (secondary N) is 2. The molecule has 2 saturated heterocycles. The average Bonchev–Trinajstić information content (AvgIpc) is 1.64. The van der Waals surface area contributed by atoms with Gasteiger partial charge in [0, 0.05) is 24.0 Å². The predicted octanol–water partition coefficient (Wildman–Crippen LogP) is 8.23. The highest BCUT2D eigenvalue weighted by molar-refractivity contribution is 8.07. The number of aliphatic hydroxyl groups excluding tert-OH is 1.